The fourth-order valence-corrected chi connectivity index (χ4v) is 1.46. The molecule has 0 saturated heterocycles. The summed E-state index contributed by atoms with van der Waals surface area (Å²) in [7, 11) is 0. The highest BCUT2D eigenvalue weighted by Gasteiger charge is 2.13. The van der Waals surface area contributed by atoms with Crippen molar-refractivity contribution in [3.8, 4) is 11.5 Å². The summed E-state index contributed by atoms with van der Waals surface area (Å²) in [6.45, 7) is 3.04. The fraction of sp³-hybridized carbons (Fsp3) is 0.364. The van der Waals surface area contributed by atoms with Crippen LogP contribution in [0, 0.1) is 0 Å². The first-order valence-corrected chi connectivity index (χ1v) is 5.51. The van der Waals surface area contributed by atoms with Crippen LogP contribution in [-0.4, -0.2) is 19.3 Å². The van der Waals surface area contributed by atoms with E-state index in [1.165, 1.54) is 0 Å². The molecule has 0 radical (unpaired) electrons. The number of hydrogen-bond donors (Lipinski definition) is 3. The Kier molecular flexibility index (Phi) is 3.66. The molecule has 4 N–H and O–H groups in total. The molecule has 0 bridgehead atoms. The monoisotopic (exact) mass is 236 g/mol. The summed E-state index contributed by atoms with van der Waals surface area (Å²) in [5.41, 5.74) is 3.37. The number of aliphatic imine (C=N–C) groups is 1. The zero-order valence-corrected chi connectivity index (χ0v) is 9.69. The molecule has 17 heavy (non-hydrogen) atoms. The van der Waals surface area contributed by atoms with Gasteiger partial charge in [0.15, 0.2) is 11.5 Å². The Morgan fingerprint density at radius 3 is 3.00 bits per heavy atom. The van der Waals surface area contributed by atoms with Gasteiger partial charge < -0.3 is 14.8 Å². The maximum atomic E-state index is 5.37. The number of nitrogens with zero attached hydrogens (tertiary/aromatic N) is 1. The third-order valence-electron chi connectivity index (χ3n) is 2.27. The van der Waals surface area contributed by atoms with Crippen LogP contribution < -0.4 is 26.1 Å². The normalized spacial score (nSPS) is 13.6. The minimum absolute atomic E-state index is 0.269. The Hall–Kier alpha value is -1.95. The van der Waals surface area contributed by atoms with Crippen LogP contribution in [0.4, 0.5) is 5.69 Å². The molecule has 0 unspecified atom stereocenters. The van der Waals surface area contributed by atoms with Crippen LogP contribution in [-0.2, 0) is 0 Å². The van der Waals surface area contributed by atoms with Crippen LogP contribution in [0.1, 0.15) is 13.3 Å². The summed E-state index contributed by atoms with van der Waals surface area (Å²) in [5, 5.41) is 3.07. The third kappa shape index (κ3) is 2.79. The number of nitrogens with one attached hydrogen (secondary N) is 2. The number of nitrogens with two attached hydrogens (primary N) is 1. The van der Waals surface area contributed by atoms with Gasteiger partial charge in [0.25, 0.3) is 0 Å². The number of hydrogen-bond acceptors (Lipinski definition) is 4. The molecule has 92 valence electrons. The highest BCUT2D eigenvalue weighted by molar-refractivity contribution is 5.93. The fourth-order valence-electron chi connectivity index (χ4n) is 1.46. The largest absolute Gasteiger partial charge is 0.454 e. The Labute approximate surface area is 99.8 Å². The van der Waals surface area contributed by atoms with Gasteiger partial charge in [0.2, 0.25) is 12.8 Å². The number of fused-ring (bicyclic) bond motifs is 1. The van der Waals surface area contributed by atoms with Gasteiger partial charge in [0.05, 0.1) is 0 Å². The molecule has 1 aromatic rings. The molecule has 0 aromatic heterocycles. The van der Waals surface area contributed by atoms with Gasteiger partial charge in [-0.2, -0.15) is 0 Å². The zero-order valence-electron chi connectivity index (χ0n) is 9.69. The van der Waals surface area contributed by atoms with Crippen molar-refractivity contribution in [2.75, 3.05) is 18.7 Å². The quantitative estimate of drug-likeness (QED) is 0.316. The van der Waals surface area contributed by atoms with Crippen molar-refractivity contribution in [1.82, 2.24) is 5.43 Å². The molecule has 1 aromatic carbocycles. The second kappa shape index (κ2) is 5.40. The Bertz CT molecular complexity index is 420. The van der Waals surface area contributed by atoms with Gasteiger partial charge in [-0.15, -0.1) is 0 Å². The molecule has 0 spiro atoms. The predicted molar refractivity (Wildman–Crippen MR) is 66.1 cm³/mol. The molecule has 0 amide bonds. The molecular weight excluding hydrogens is 220 g/mol. The van der Waals surface area contributed by atoms with Gasteiger partial charge in [0.1, 0.15) is 0 Å². The maximum Gasteiger partial charge on any atom is 0.231 e. The van der Waals surface area contributed by atoms with Gasteiger partial charge in [-0.25, -0.2) is 5.84 Å². The van der Waals surface area contributed by atoms with Crippen molar-refractivity contribution in [2.24, 2.45) is 10.8 Å². The molecule has 1 aliphatic heterocycles. The van der Waals surface area contributed by atoms with Gasteiger partial charge in [-0.3, -0.25) is 10.4 Å². The molecule has 0 saturated carbocycles. The van der Waals surface area contributed by atoms with Crippen molar-refractivity contribution < 1.29 is 9.47 Å². The Balaban J connectivity index is 2.07. The summed E-state index contributed by atoms with van der Waals surface area (Å²) in [4.78, 5) is 4.25. The topological polar surface area (TPSA) is 80.9 Å². The minimum Gasteiger partial charge on any atom is -0.454 e. The summed E-state index contributed by atoms with van der Waals surface area (Å²) in [5.74, 6) is 7.39. The van der Waals surface area contributed by atoms with E-state index in [-0.39, 0.29) is 6.79 Å². The molecule has 0 aliphatic carbocycles. The van der Waals surface area contributed by atoms with E-state index in [1.54, 1.807) is 0 Å². The summed E-state index contributed by atoms with van der Waals surface area (Å²) >= 11 is 0. The Morgan fingerprint density at radius 1 is 1.41 bits per heavy atom. The summed E-state index contributed by atoms with van der Waals surface area (Å²) in [6.07, 6.45) is 0.966. The summed E-state index contributed by atoms with van der Waals surface area (Å²) < 4.78 is 10.5. The van der Waals surface area contributed by atoms with Crippen molar-refractivity contribution in [3.05, 3.63) is 18.2 Å². The van der Waals surface area contributed by atoms with Crippen LogP contribution in [0.25, 0.3) is 0 Å². The van der Waals surface area contributed by atoms with Crippen molar-refractivity contribution in [3.63, 3.8) is 0 Å². The molecule has 6 nitrogen and oxygen atoms in total. The highest BCUT2D eigenvalue weighted by Crippen LogP contribution is 2.34. The first-order chi connectivity index (χ1) is 8.33. The number of ether oxygens (including phenoxy) is 2. The lowest BCUT2D eigenvalue weighted by Crippen LogP contribution is -2.36. The SMILES string of the molecule is CCCN=C(NN)Nc1ccc2c(c1)OCO2. The van der Waals surface area contributed by atoms with Gasteiger partial charge >= 0.3 is 0 Å². The Morgan fingerprint density at radius 2 is 2.24 bits per heavy atom. The highest BCUT2D eigenvalue weighted by atomic mass is 16.7. The van der Waals surface area contributed by atoms with Gasteiger partial charge in [0, 0.05) is 18.3 Å². The van der Waals surface area contributed by atoms with Crippen LogP contribution in [0.15, 0.2) is 23.2 Å². The lowest BCUT2D eigenvalue weighted by molar-refractivity contribution is 0.174. The molecule has 1 aliphatic rings. The summed E-state index contributed by atoms with van der Waals surface area (Å²) in [6, 6.07) is 5.58. The first kappa shape index (κ1) is 11.5. The number of benzene rings is 1. The van der Waals surface area contributed by atoms with Crippen LogP contribution in [0.2, 0.25) is 0 Å². The van der Waals surface area contributed by atoms with E-state index in [1.807, 2.05) is 18.2 Å². The van der Waals surface area contributed by atoms with E-state index in [0.29, 0.717) is 5.96 Å². The predicted octanol–water partition coefficient (Wildman–Crippen LogP) is 1.06. The molecule has 1 heterocycles. The van der Waals surface area contributed by atoms with E-state index >= 15 is 0 Å². The average Bonchev–Trinajstić information content (AvgIpc) is 2.81. The second-order valence-corrected chi connectivity index (χ2v) is 3.57. The van der Waals surface area contributed by atoms with E-state index < -0.39 is 0 Å². The van der Waals surface area contributed by atoms with Crippen LogP contribution in [0.5, 0.6) is 11.5 Å². The lowest BCUT2D eigenvalue weighted by Gasteiger charge is -2.09. The third-order valence-corrected chi connectivity index (χ3v) is 2.27. The van der Waals surface area contributed by atoms with E-state index in [4.69, 9.17) is 15.3 Å². The molecule has 0 fully saturated rings. The molecule has 2 rings (SSSR count). The molecular formula is C11H16N4O2. The zero-order chi connectivity index (χ0) is 12.1. The first-order valence-electron chi connectivity index (χ1n) is 5.51. The number of rotatable bonds is 3. The number of hydrazine groups is 1. The van der Waals surface area contributed by atoms with E-state index in [0.717, 1.165) is 30.2 Å². The van der Waals surface area contributed by atoms with Crippen molar-refractivity contribution >= 4 is 11.6 Å². The van der Waals surface area contributed by atoms with E-state index in [2.05, 4.69) is 22.7 Å². The number of guanidine groups is 1. The molecule has 0 atom stereocenters. The smallest absolute Gasteiger partial charge is 0.231 e. The lowest BCUT2D eigenvalue weighted by atomic mass is 10.3. The molecule has 6 heteroatoms. The second-order valence-electron chi connectivity index (χ2n) is 3.57. The van der Waals surface area contributed by atoms with E-state index in [9.17, 15) is 0 Å². The van der Waals surface area contributed by atoms with Crippen LogP contribution >= 0.6 is 0 Å². The number of anilines is 1. The standard InChI is InChI=1S/C11H16N4O2/c1-2-5-13-11(15-12)14-8-3-4-9-10(6-8)17-7-16-9/h3-4,6H,2,5,7,12H2,1H3,(H2,13,14,15). The van der Waals surface area contributed by atoms with Gasteiger partial charge in [-0.05, 0) is 18.6 Å². The van der Waals surface area contributed by atoms with Crippen molar-refractivity contribution in [1.29, 1.82) is 0 Å². The van der Waals surface area contributed by atoms with Gasteiger partial charge in [-0.1, -0.05) is 6.92 Å². The van der Waals surface area contributed by atoms with Crippen LogP contribution in [0.3, 0.4) is 0 Å². The maximum absolute atomic E-state index is 5.37. The minimum atomic E-state index is 0.269. The average molecular weight is 236 g/mol. The van der Waals surface area contributed by atoms with Crippen molar-refractivity contribution in [2.45, 2.75) is 13.3 Å².